The fraction of sp³-hybridized carbons (Fsp3) is 0.368. The first kappa shape index (κ1) is 18.0. The molecular formula is C19H24N3OS2+. The van der Waals surface area contributed by atoms with Crippen molar-refractivity contribution in [3.63, 3.8) is 0 Å². The molecule has 2 aromatic heterocycles. The van der Waals surface area contributed by atoms with E-state index < -0.39 is 0 Å². The molecule has 2 heterocycles. The van der Waals surface area contributed by atoms with Crippen LogP contribution in [-0.4, -0.2) is 38.1 Å². The second-order valence-electron chi connectivity index (χ2n) is 6.65. The number of aromatic nitrogens is 1. The zero-order chi connectivity index (χ0) is 18.0. The van der Waals surface area contributed by atoms with E-state index in [4.69, 9.17) is 4.98 Å². The van der Waals surface area contributed by atoms with Gasteiger partial charge in [-0.3, -0.25) is 9.69 Å². The molecule has 132 valence electrons. The highest BCUT2D eigenvalue weighted by Crippen LogP contribution is 2.32. The number of hydrogen-bond donors (Lipinski definition) is 1. The summed E-state index contributed by atoms with van der Waals surface area (Å²) in [5.74, 6) is 0.0521. The Labute approximate surface area is 156 Å². The van der Waals surface area contributed by atoms with Gasteiger partial charge in [0.15, 0.2) is 5.13 Å². The Morgan fingerprint density at radius 1 is 1.24 bits per heavy atom. The Hall–Kier alpha value is -1.76. The fourth-order valence-corrected chi connectivity index (χ4v) is 4.43. The lowest BCUT2D eigenvalue weighted by Crippen LogP contribution is -3.05. The van der Waals surface area contributed by atoms with E-state index in [1.54, 1.807) is 11.3 Å². The Morgan fingerprint density at radius 2 is 2.00 bits per heavy atom. The van der Waals surface area contributed by atoms with E-state index in [1.807, 2.05) is 22.4 Å². The molecule has 0 aliphatic carbocycles. The number of thiophene rings is 1. The van der Waals surface area contributed by atoms with Gasteiger partial charge in [0.25, 0.3) is 5.91 Å². The molecule has 0 fully saturated rings. The molecule has 0 aliphatic rings. The summed E-state index contributed by atoms with van der Waals surface area (Å²) in [6.45, 7) is 5.93. The molecule has 0 aliphatic heterocycles. The molecule has 0 atom stereocenters. The van der Waals surface area contributed by atoms with Crippen molar-refractivity contribution < 1.29 is 9.69 Å². The van der Waals surface area contributed by atoms with Crippen molar-refractivity contribution in [1.29, 1.82) is 0 Å². The van der Waals surface area contributed by atoms with Crippen molar-refractivity contribution >= 4 is 43.9 Å². The van der Waals surface area contributed by atoms with Crippen molar-refractivity contribution in [2.24, 2.45) is 0 Å². The van der Waals surface area contributed by atoms with Crippen LogP contribution >= 0.6 is 22.7 Å². The van der Waals surface area contributed by atoms with E-state index in [2.05, 4.69) is 40.1 Å². The van der Waals surface area contributed by atoms with Crippen molar-refractivity contribution in [3.05, 3.63) is 45.6 Å². The molecular weight excluding hydrogens is 350 g/mol. The summed E-state index contributed by atoms with van der Waals surface area (Å²) in [5.41, 5.74) is 3.47. The van der Waals surface area contributed by atoms with Crippen LogP contribution in [0.2, 0.25) is 0 Å². The second kappa shape index (κ2) is 7.64. The van der Waals surface area contributed by atoms with Crippen LogP contribution in [0.3, 0.4) is 0 Å². The lowest BCUT2D eigenvalue weighted by molar-refractivity contribution is -0.858. The number of anilines is 1. The number of nitrogens with zero attached hydrogens (tertiary/aromatic N) is 2. The zero-order valence-electron chi connectivity index (χ0n) is 15.1. The van der Waals surface area contributed by atoms with Gasteiger partial charge in [-0.25, -0.2) is 4.98 Å². The third-order valence-electron chi connectivity index (χ3n) is 4.26. The van der Waals surface area contributed by atoms with Gasteiger partial charge in [-0.2, -0.15) is 0 Å². The third kappa shape index (κ3) is 4.08. The molecule has 0 spiro atoms. The number of aryl methyl sites for hydroxylation is 2. The first-order valence-electron chi connectivity index (χ1n) is 8.48. The minimum atomic E-state index is 0.0521. The minimum Gasteiger partial charge on any atom is -0.340 e. The number of amides is 1. The normalized spacial score (nSPS) is 11.4. The molecule has 0 saturated heterocycles. The molecule has 3 rings (SSSR count). The largest absolute Gasteiger partial charge is 0.340 e. The van der Waals surface area contributed by atoms with E-state index in [1.165, 1.54) is 27.4 Å². The van der Waals surface area contributed by atoms with E-state index in [0.717, 1.165) is 33.2 Å². The topological polar surface area (TPSA) is 37.6 Å². The van der Waals surface area contributed by atoms with Crippen LogP contribution in [0.1, 0.15) is 27.2 Å². The minimum absolute atomic E-state index is 0.0521. The molecule has 0 radical (unpaired) electrons. The summed E-state index contributed by atoms with van der Waals surface area (Å²) in [6.07, 6.45) is 0.952. The summed E-state index contributed by atoms with van der Waals surface area (Å²) in [7, 11) is 4.27. The highest BCUT2D eigenvalue weighted by atomic mass is 32.1. The number of fused-ring (bicyclic) bond motifs is 1. The number of benzene rings is 1. The van der Waals surface area contributed by atoms with Gasteiger partial charge in [-0.1, -0.05) is 17.4 Å². The Balaban J connectivity index is 1.94. The average molecular weight is 375 g/mol. The van der Waals surface area contributed by atoms with Gasteiger partial charge in [0, 0.05) is 13.0 Å². The molecule has 3 aromatic rings. The van der Waals surface area contributed by atoms with Crippen LogP contribution in [0, 0.1) is 13.8 Å². The van der Waals surface area contributed by atoms with Crippen molar-refractivity contribution in [1.82, 2.24) is 4.98 Å². The monoisotopic (exact) mass is 374 g/mol. The molecule has 4 nitrogen and oxygen atoms in total. The summed E-state index contributed by atoms with van der Waals surface area (Å²) in [4.78, 5) is 21.8. The average Bonchev–Trinajstić information content (AvgIpc) is 3.21. The van der Waals surface area contributed by atoms with Gasteiger partial charge in [-0.15, -0.1) is 11.3 Å². The van der Waals surface area contributed by atoms with E-state index in [9.17, 15) is 4.79 Å². The van der Waals surface area contributed by atoms with Crippen molar-refractivity contribution in [3.8, 4) is 0 Å². The zero-order valence-corrected chi connectivity index (χ0v) is 16.8. The number of nitrogens with one attached hydrogen (secondary N) is 1. The van der Waals surface area contributed by atoms with Crippen molar-refractivity contribution in [2.45, 2.75) is 20.3 Å². The smallest absolute Gasteiger partial charge is 0.270 e. The second-order valence-corrected chi connectivity index (χ2v) is 8.60. The maximum absolute atomic E-state index is 13.0. The van der Waals surface area contributed by atoms with Crippen LogP contribution in [0.25, 0.3) is 10.2 Å². The van der Waals surface area contributed by atoms with Gasteiger partial charge in [0.1, 0.15) is 0 Å². The maximum Gasteiger partial charge on any atom is 0.270 e. The molecule has 1 amide bonds. The molecule has 0 bridgehead atoms. The number of thiazole rings is 1. The standard InChI is InChI=1S/C19H23N3OS2/c1-13-11-15-17(12-14(13)2)25-19(20-15)22(9-6-8-21(3)4)18(23)16-7-5-10-24-16/h5,7,10-12H,6,8-9H2,1-4H3/p+1. The van der Waals surface area contributed by atoms with Gasteiger partial charge < -0.3 is 4.90 Å². The van der Waals surface area contributed by atoms with Gasteiger partial charge in [0.05, 0.1) is 35.7 Å². The van der Waals surface area contributed by atoms with Crippen LogP contribution in [0.15, 0.2) is 29.6 Å². The predicted molar refractivity (Wildman–Crippen MR) is 107 cm³/mol. The molecule has 0 unspecified atom stereocenters. The highest BCUT2D eigenvalue weighted by Gasteiger charge is 2.22. The SMILES string of the molecule is Cc1cc2nc(N(CCC[NH+](C)C)C(=O)c3cccs3)sc2cc1C. The summed E-state index contributed by atoms with van der Waals surface area (Å²) >= 11 is 3.09. The molecule has 0 saturated carbocycles. The number of rotatable bonds is 6. The Bertz CT molecular complexity index is 829. The fourth-order valence-electron chi connectivity index (χ4n) is 2.69. The van der Waals surface area contributed by atoms with Gasteiger partial charge in [0.2, 0.25) is 0 Å². The molecule has 1 N–H and O–H groups in total. The quantitative estimate of drug-likeness (QED) is 0.720. The lowest BCUT2D eigenvalue weighted by Gasteiger charge is -2.19. The molecule has 1 aromatic carbocycles. The molecule has 25 heavy (non-hydrogen) atoms. The third-order valence-corrected chi connectivity index (χ3v) is 6.16. The van der Waals surface area contributed by atoms with Gasteiger partial charge >= 0.3 is 0 Å². The summed E-state index contributed by atoms with van der Waals surface area (Å²) < 4.78 is 1.14. The first-order valence-corrected chi connectivity index (χ1v) is 10.2. The van der Waals surface area contributed by atoms with Gasteiger partial charge in [-0.05, 0) is 48.6 Å². The van der Waals surface area contributed by atoms with Crippen LogP contribution < -0.4 is 9.80 Å². The number of carbonyl (C=O) groups excluding carboxylic acids is 1. The Morgan fingerprint density at radius 3 is 2.68 bits per heavy atom. The number of carbonyl (C=O) groups is 1. The van der Waals surface area contributed by atoms with Crippen molar-refractivity contribution in [2.75, 3.05) is 32.1 Å². The highest BCUT2D eigenvalue weighted by molar-refractivity contribution is 7.22. The van der Waals surface area contributed by atoms with E-state index in [-0.39, 0.29) is 5.91 Å². The first-order chi connectivity index (χ1) is 12.0. The Kier molecular flexibility index (Phi) is 5.51. The van der Waals surface area contributed by atoms with E-state index >= 15 is 0 Å². The van der Waals surface area contributed by atoms with Crippen LogP contribution in [0.4, 0.5) is 5.13 Å². The predicted octanol–water partition coefficient (Wildman–Crippen LogP) is 3.16. The maximum atomic E-state index is 13.0. The molecule has 6 heteroatoms. The van der Waals surface area contributed by atoms with Crippen LogP contribution in [-0.2, 0) is 0 Å². The summed E-state index contributed by atoms with van der Waals surface area (Å²) in [6, 6.07) is 8.09. The summed E-state index contributed by atoms with van der Waals surface area (Å²) in [5, 5.41) is 2.74. The lowest BCUT2D eigenvalue weighted by atomic mass is 10.1. The number of quaternary nitrogens is 1. The number of hydrogen-bond acceptors (Lipinski definition) is 4. The van der Waals surface area contributed by atoms with E-state index in [0.29, 0.717) is 6.54 Å². The van der Waals surface area contributed by atoms with Crippen LogP contribution in [0.5, 0.6) is 0 Å².